The van der Waals surface area contributed by atoms with Gasteiger partial charge in [0.25, 0.3) is 0 Å². The van der Waals surface area contributed by atoms with Gasteiger partial charge >= 0.3 is 5.97 Å². The van der Waals surface area contributed by atoms with E-state index >= 15 is 0 Å². The van der Waals surface area contributed by atoms with E-state index in [-0.39, 0.29) is 16.9 Å². The van der Waals surface area contributed by atoms with E-state index in [9.17, 15) is 20.0 Å². The minimum absolute atomic E-state index is 0.0348. The smallest absolute Gasteiger partial charge is 0.342 e. The van der Waals surface area contributed by atoms with E-state index in [2.05, 4.69) is 0 Å². The fourth-order valence-electron chi connectivity index (χ4n) is 3.22. The Balaban J connectivity index is 1.53. The summed E-state index contributed by atoms with van der Waals surface area (Å²) in [5.41, 5.74) is 0.790. The van der Waals surface area contributed by atoms with Crippen LogP contribution in [0.15, 0.2) is 76.2 Å². The molecule has 1 N–H and O–H groups in total. The van der Waals surface area contributed by atoms with E-state index in [4.69, 9.17) is 4.74 Å². The molecule has 30 heavy (non-hydrogen) atoms. The lowest BCUT2D eigenvalue weighted by molar-refractivity contribution is -0.118. The number of ether oxygens (including phenoxy) is 1. The number of carbonyl (C=O) groups is 2. The molecule has 0 fully saturated rings. The van der Waals surface area contributed by atoms with Crippen molar-refractivity contribution in [3.05, 3.63) is 76.8 Å². The number of hydrogen-bond acceptors (Lipinski definition) is 7. The molecule has 0 radical (unpaired) electrons. The summed E-state index contributed by atoms with van der Waals surface area (Å²) in [5, 5.41) is 21.7. The van der Waals surface area contributed by atoms with Crippen LogP contribution in [0.2, 0.25) is 0 Å². The SMILES string of the molecule is CN1/C(=C(\C#N)C(=O)COC(=O)c2cc3ccccc3cc2O)Sc2ccccc21. The molecule has 3 aromatic carbocycles. The Morgan fingerprint density at radius 2 is 1.77 bits per heavy atom. The lowest BCUT2D eigenvalue weighted by Crippen LogP contribution is -2.20. The summed E-state index contributed by atoms with van der Waals surface area (Å²) in [6.07, 6.45) is 0. The maximum atomic E-state index is 12.6. The van der Waals surface area contributed by atoms with E-state index in [1.807, 2.05) is 48.5 Å². The van der Waals surface area contributed by atoms with Crippen molar-refractivity contribution in [1.29, 1.82) is 5.26 Å². The summed E-state index contributed by atoms with van der Waals surface area (Å²) < 4.78 is 5.11. The molecule has 3 aromatic rings. The fraction of sp³-hybridized carbons (Fsp3) is 0.0870. The van der Waals surface area contributed by atoms with Crippen LogP contribution >= 0.6 is 11.8 Å². The number of para-hydroxylation sites is 1. The zero-order chi connectivity index (χ0) is 21.3. The second-order valence-corrected chi connectivity index (χ2v) is 7.67. The number of anilines is 1. The lowest BCUT2D eigenvalue weighted by atomic mass is 10.1. The van der Waals surface area contributed by atoms with E-state index in [1.54, 1.807) is 18.0 Å². The molecule has 0 saturated heterocycles. The minimum Gasteiger partial charge on any atom is -0.507 e. The molecule has 0 spiro atoms. The van der Waals surface area contributed by atoms with Gasteiger partial charge in [-0.15, -0.1) is 0 Å². The van der Waals surface area contributed by atoms with Gasteiger partial charge in [0.1, 0.15) is 28.0 Å². The molecule has 0 aliphatic carbocycles. The van der Waals surface area contributed by atoms with E-state index in [0.717, 1.165) is 21.4 Å². The standard InChI is InChI=1S/C23H16N2O4S/c1-25-18-8-4-5-9-21(18)30-22(25)17(12-24)20(27)13-29-23(28)16-10-14-6-2-3-7-15(14)11-19(16)26/h2-11,26H,13H2,1H3/b22-17-. The first kappa shape index (κ1) is 19.6. The second-order valence-electron chi connectivity index (χ2n) is 6.64. The normalized spacial score (nSPS) is 14.2. The third-order valence-corrected chi connectivity index (χ3v) is 6.00. The zero-order valence-corrected chi connectivity index (χ0v) is 16.8. The number of benzene rings is 3. The summed E-state index contributed by atoms with van der Waals surface area (Å²) in [6.45, 7) is -0.595. The third kappa shape index (κ3) is 3.49. The predicted octanol–water partition coefficient (Wildman–Crippen LogP) is 4.25. The first-order chi connectivity index (χ1) is 14.5. The predicted molar refractivity (Wildman–Crippen MR) is 114 cm³/mol. The highest BCUT2D eigenvalue weighted by Crippen LogP contribution is 2.46. The number of Topliss-reactive ketones (excluding diaryl/α,β-unsaturated/α-hetero) is 1. The van der Waals surface area contributed by atoms with Crippen LogP contribution in [-0.4, -0.2) is 30.5 Å². The largest absolute Gasteiger partial charge is 0.507 e. The van der Waals surface area contributed by atoms with Gasteiger partial charge in [-0.1, -0.05) is 48.2 Å². The Morgan fingerprint density at radius 3 is 2.47 bits per heavy atom. The average Bonchev–Trinajstić information content (AvgIpc) is 3.08. The van der Waals surface area contributed by atoms with Gasteiger partial charge in [-0.05, 0) is 35.0 Å². The number of nitriles is 1. The number of rotatable bonds is 4. The number of aromatic hydroxyl groups is 1. The van der Waals surface area contributed by atoms with Gasteiger partial charge in [-0.25, -0.2) is 4.79 Å². The molecule has 0 bridgehead atoms. The molecular weight excluding hydrogens is 400 g/mol. The molecule has 0 unspecified atom stereocenters. The maximum Gasteiger partial charge on any atom is 0.342 e. The van der Waals surface area contributed by atoms with Crippen molar-refractivity contribution in [3.8, 4) is 11.8 Å². The summed E-state index contributed by atoms with van der Waals surface area (Å²) in [4.78, 5) is 27.8. The number of nitrogens with zero attached hydrogens (tertiary/aromatic N) is 2. The van der Waals surface area contributed by atoms with Gasteiger partial charge in [-0.2, -0.15) is 5.26 Å². The van der Waals surface area contributed by atoms with Crippen molar-refractivity contribution < 1.29 is 19.4 Å². The quantitative estimate of drug-likeness (QED) is 0.386. The highest BCUT2D eigenvalue weighted by molar-refractivity contribution is 8.03. The first-order valence-electron chi connectivity index (χ1n) is 9.06. The van der Waals surface area contributed by atoms with E-state index in [0.29, 0.717) is 5.03 Å². The van der Waals surface area contributed by atoms with Gasteiger partial charge in [0.2, 0.25) is 5.78 Å². The first-order valence-corrected chi connectivity index (χ1v) is 9.88. The van der Waals surface area contributed by atoms with Crippen LogP contribution < -0.4 is 4.90 Å². The van der Waals surface area contributed by atoms with Gasteiger partial charge in [0.05, 0.1) is 5.69 Å². The number of hydrogen-bond donors (Lipinski definition) is 1. The molecule has 0 saturated carbocycles. The van der Waals surface area contributed by atoms with Crippen LogP contribution in [0.1, 0.15) is 10.4 Å². The Kier molecular flexibility index (Phi) is 5.17. The molecule has 1 heterocycles. The van der Waals surface area contributed by atoms with Crippen LogP contribution in [0, 0.1) is 11.3 Å². The summed E-state index contributed by atoms with van der Waals surface area (Å²) >= 11 is 1.32. The van der Waals surface area contributed by atoms with Crippen molar-refractivity contribution in [2.75, 3.05) is 18.6 Å². The maximum absolute atomic E-state index is 12.6. The monoisotopic (exact) mass is 416 g/mol. The van der Waals surface area contributed by atoms with E-state index in [1.165, 1.54) is 23.9 Å². The van der Waals surface area contributed by atoms with Crippen molar-refractivity contribution in [1.82, 2.24) is 0 Å². The van der Waals surface area contributed by atoms with Gasteiger partial charge in [-0.3, -0.25) is 4.79 Å². The van der Waals surface area contributed by atoms with Gasteiger partial charge < -0.3 is 14.7 Å². The minimum atomic E-state index is -0.829. The molecule has 7 heteroatoms. The average molecular weight is 416 g/mol. The van der Waals surface area contributed by atoms with Crippen LogP contribution in [0.4, 0.5) is 5.69 Å². The number of phenolic OH excluding ortho intramolecular Hbond substituents is 1. The lowest BCUT2D eigenvalue weighted by Gasteiger charge is -2.14. The van der Waals surface area contributed by atoms with Crippen LogP contribution in [0.25, 0.3) is 10.8 Å². The van der Waals surface area contributed by atoms with Crippen molar-refractivity contribution >= 4 is 40.0 Å². The van der Waals surface area contributed by atoms with E-state index < -0.39 is 18.4 Å². The Morgan fingerprint density at radius 1 is 1.10 bits per heavy atom. The van der Waals surface area contributed by atoms with Crippen LogP contribution in [-0.2, 0) is 9.53 Å². The molecule has 6 nitrogen and oxygen atoms in total. The Hall–Kier alpha value is -3.76. The summed E-state index contributed by atoms with van der Waals surface area (Å²) in [7, 11) is 1.78. The Labute approximate surface area is 177 Å². The van der Waals surface area contributed by atoms with Crippen LogP contribution in [0.5, 0.6) is 5.75 Å². The van der Waals surface area contributed by atoms with Crippen molar-refractivity contribution in [2.24, 2.45) is 0 Å². The molecule has 0 aromatic heterocycles. The van der Waals surface area contributed by atoms with Gasteiger partial charge in [0, 0.05) is 11.9 Å². The number of carbonyl (C=O) groups excluding carboxylic acids is 2. The molecule has 148 valence electrons. The molecule has 1 aliphatic heterocycles. The molecule has 0 amide bonds. The zero-order valence-electron chi connectivity index (χ0n) is 16.0. The second kappa shape index (κ2) is 7.93. The van der Waals surface area contributed by atoms with Crippen LogP contribution in [0.3, 0.4) is 0 Å². The third-order valence-electron chi connectivity index (χ3n) is 4.76. The molecule has 4 rings (SSSR count). The summed E-state index contributed by atoms with van der Waals surface area (Å²) in [5.74, 6) is -1.66. The molecule has 1 aliphatic rings. The van der Waals surface area contributed by atoms with Crippen molar-refractivity contribution in [2.45, 2.75) is 4.90 Å². The number of fused-ring (bicyclic) bond motifs is 2. The topological polar surface area (TPSA) is 90.6 Å². The van der Waals surface area contributed by atoms with Crippen molar-refractivity contribution in [3.63, 3.8) is 0 Å². The summed E-state index contributed by atoms with van der Waals surface area (Å²) in [6, 6.07) is 19.7. The highest BCUT2D eigenvalue weighted by Gasteiger charge is 2.28. The van der Waals surface area contributed by atoms with Gasteiger partial charge in [0.15, 0.2) is 6.61 Å². The number of thioether (sulfide) groups is 1. The number of phenols is 1. The number of esters is 1. The number of ketones is 1. The molecule has 0 atom stereocenters. The fourth-order valence-corrected chi connectivity index (χ4v) is 4.38. The molecular formula is C23H16N2O4S. The Bertz CT molecular complexity index is 1260. The highest BCUT2D eigenvalue weighted by atomic mass is 32.2.